The normalized spacial score (nSPS) is 10.7. The molecule has 0 atom stereocenters. The summed E-state index contributed by atoms with van der Waals surface area (Å²) in [7, 11) is 0. The Morgan fingerprint density at radius 1 is 1.11 bits per heavy atom. The maximum Gasteiger partial charge on any atom is 0.236 e. The van der Waals surface area contributed by atoms with Gasteiger partial charge in [-0.1, -0.05) is 24.3 Å². The zero-order chi connectivity index (χ0) is 13.2. The van der Waals surface area contributed by atoms with Crippen molar-refractivity contribution >= 4 is 16.9 Å². The summed E-state index contributed by atoms with van der Waals surface area (Å²) >= 11 is 0. The molecule has 1 aromatic heterocycles. The molecule has 19 heavy (non-hydrogen) atoms. The summed E-state index contributed by atoms with van der Waals surface area (Å²) in [5.74, 6) is 0.156. The Hall–Kier alpha value is -2.62. The zero-order valence-electron chi connectivity index (χ0n) is 10.2. The van der Waals surface area contributed by atoms with E-state index in [0.717, 1.165) is 16.6 Å². The van der Waals surface area contributed by atoms with Crippen LogP contribution in [0.1, 0.15) is 10.4 Å². The van der Waals surface area contributed by atoms with E-state index in [2.05, 4.69) is 4.98 Å². The van der Waals surface area contributed by atoms with Gasteiger partial charge in [-0.15, -0.1) is 0 Å². The standard InChI is InChI=1S/C15H12N2O2/c18-12-7-5-11(6-8-12)9-15(19)17-10-16-13-3-1-2-4-14(13)17/h1-8,10,18H,9H2. The SMILES string of the molecule is O=C(Cc1ccc(O)cc1)n1cnc2ccccc21. The van der Waals surface area contributed by atoms with Gasteiger partial charge in [0.05, 0.1) is 17.5 Å². The molecule has 2 aromatic carbocycles. The number of para-hydroxylation sites is 2. The molecule has 0 amide bonds. The highest BCUT2D eigenvalue weighted by atomic mass is 16.3. The maximum atomic E-state index is 12.2. The van der Waals surface area contributed by atoms with Crippen molar-refractivity contribution in [1.29, 1.82) is 0 Å². The van der Waals surface area contributed by atoms with Crippen LogP contribution in [0, 0.1) is 0 Å². The summed E-state index contributed by atoms with van der Waals surface area (Å²) in [5, 5.41) is 9.22. The van der Waals surface area contributed by atoms with Crippen LogP contribution in [0.3, 0.4) is 0 Å². The number of fused-ring (bicyclic) bond motifs is 1. The highest BCUT2D eigenvalue weighted by Crippen LogP contribution is 2.14. The fourth-order valence-electron chi connectivity index (χ4n) is 2.03. The zero-order valence-corrected chi connectivity index (χ0v) is 10.2. The van der Waals surface area contributed by atoms with Crippen LogP contribution in [0.2, 0.25) is 0 Å². The Bertz CT molecular complexity index is 729. The van der Waals surface area contributed by atoms with Gasteiger partial charge in [-0.3, -0.25) is 9.36 Å². The number of aromatic nitrogens is 2. The second kappa shape index (κ2) is 4.57. The number of benzene rings is 2. The Labute approximate surface area is 109 Å². The number of phenolic OH excluding ortho intramolecular Hbond substituents is 1. The van der Waals surface area contributed by atoms with E-state index in [0.29, 0.717) is 0 Å². The number of hydrogen-bond donors (Lipinski definition) is 1. The van der Waals surface area contributed by atoms with E-state index < -0.39 is 0 Å². The van der Waals surface area contributed by atoms with Crippen molar-refractivity contribution in [2.75, 3.05) is 0 Å². The molecule has 0 bridgehead atoms. The predicted molar refractivity (Wildman–Crippen MR) is 72.2 cm³/mol. The van der Waals surface area contributed by atoms with E-state index in [1.165, 1.54) is 0 Å². The van der Waals surface area contributed by atoms with E-state index in [-0.39, 0.29) is 18.1 Å². The van der Waals surface area contributed by atoms with Crippen LogP contribution in [0.5, 0.6) is 5.75 Å². The third-order valence-electron chi connectivity index (χ3n) is 3.01. The van der Waals surface area contributed by atoms with Gasteiger partial charge in [-0.25, -0.2) is 4.98 Å². The molecular weight excluding hydrogens is 240 g/mol. The Morgan fingerprint density at radius 2 is 1.84 bits per heavy atom. The van der Waals surface area contributed by atoms with Crippen molar-refractivity contribution in [2.24, 2.45) is 0 Å². The molecule has 4 nitrogen and oxygen atoms in total. The van der Waals surface area contributed by atoms with Crippen LogP contribution in [-0.2, 0) is 6.42 Å². The summed E-state index contributed by atoms with van der Waals surface area (Å²) in [6.45, 7) is 0. The molecule has 94 valence electrons. The third-order valence-corrected chi connectivity index (χ3v) is 3.01. The van der Waals surface area contributed by atoms with E-state index in [1.54, 1.807) is 35.2 Å². The monoisotopic (exact) mass is 252 g/mol. The molecule has 0 aliphatic rings. The van der Waals surface area contributed by atoms with Crippen LogP contribution in [0.4, 0.5) is 0 Å². The predicted octanol–water partition coefficient (Wildman–Crippen LogP) is 2.62. The lowest BCUT2D eigenvalue weighted by Crippen LogP contribution is -2.12. The summed E-state index contributed by atoms with van der Waals surface area (Å²) in [6.07, 6.45) is 1.83. The molecule has 0 saturated heterocycles. The smallest absolute Gasteiger partial charge is 0.236 e. The molecule has 0 unspecified atom stereocenters. The van der Waals surface area contributed by atoms with Crippen LogP contribution in [0.15, 0.2) is 54.9 Å². The maximum absolute atomic E-state index is 12.2. The van der Waals surface area contributed by atoms with Crippen molar-refractivity contribution in [1.82, 2.24) is 9.55 Å². The van der Waals surface area contributed by atoms with E-state index in [1.807, 2.05) is 24.3 Å². The first-order chi connectivity index (χ1) is 9.24. The number of rotatable bonds is 2. The number of imidazole rings is 1. The van der Waals surface area contributed by atoms with Crippen molar-refractivity contribution in [3.8, 4) is 5.75 Å². The molecule has 0 saturated carbocycles. The number of carbonyl (C=O) groups excluding carboxylic acids is 1. The first-order valence-electron chi connectivity index (χ1n) is 5.97. The van der Waals surface area contributed by atoms with Gasteiger partial charge in [0.15, 0.2) is 0 Å². The minimum absolute atomic E-state index is 0.0422. The largest absolute Gasteiger partial charge is 0.508 e. The quantitative estimate of drug-likeness (QED) is 0.762. The van der Waals surface area contributed by atoms with Gasteiger partial charge in [0.25, 0.3) is 0 Å². The number of hydrogen-bond acceptors (Lipinski definition) is 3. The van der Waals surface area contributed by atoms with Crippen LogP contribution in [-0.4, -0.2) is 20.6 Å². The topological polar surface area (TPSA) is 55.1 Å². The van der Waals surface area contributed by atoms with E-state index in [4.69, 9.17) is 0 Å². The Kier molecular flexibility index (Phi) is 2.76. The molecule has 0 fully saturated rings. The first kappa shape index (κ1) is 11.5. The molecule has 1 N–H and O–H groups in total. The van der Waals surface area contributed by atoms with Gasteiger partial charge in [0, 0.05) is 0 Å². The first-order valence-corrected chi connectivity index (χ1v) is 5.97. The minimum Gasteiger partial charge on any atom is -0.508 e. The third kappa shape index (κ3) is 2.20. The second-order valence-electron chi connectivity index (χ2n) is 4.34. The summed E-state index contributed by atoms with van der Waals surface area (Å²) in [4.78, 5) is 16.4. The molecular formula is C15H12N2O2. The minimum atomic E-state index is -0.0422. The lowest BCUT2D eigenvalue weighted by molar-refractivity contribution is 0.0919. The molecule has 0 radical (unpaired) electrons. The number of aromatic hydroxyl groups is 1. The van der Waals surface area contributed by atoms with Gasteiger partial charge in [0.1, 0.15) is 12.1 Å². The summed E-state index contributed by atoms with van der Waals surface area (Å²) < 4.78 is 1.56. The fourth-order valence-corrected chi connectivity index (χ4v) is 2.03. The molecule has 1 heterocycles. The van der Waals surface area contributed by atoms with Gasteiger partial charge >= 0.3 is 0 Å². The molecule has 3 aromatic rings. The van der Waals surface area contributed by atoms with Gasteiger partial charge in [-0.05, 0) is 29.8 Å². The lowest BCUT2D eigenvalue weighted by atomic mass is 10.1. The van der Waals surface area contributed by atoms with Gasteiger partial charge in [0.2, 0.25) is 5.91 Å². The van der Waals surface area contributed by atoms with E-state index >= 15 is 0 Å². The van der Waals surface area contributed by atoms with Crippen molar-refractivity contribution in [3.63, 3.8) is 0 Å². The second-order valence-corrected chi connectivity index (χ2v) is 4.34. The average molecular weight is 252 g/mol. The highest BCUT2D eigenvalue weighted by Gasteiger charge is 2.10. The van der Waals surface area contributed by atoms with Gasteiger partial charge in [-0.2, -0.15) is 0 Å². The molecule has 3 rings (SSSR count). The Morgan fingerprint density at radius 3 is 2.63 bits per heavy atom. The summed E-state index contributed by atoms with van der Waals surface area (Å²) in [5.41, 5.74) is 2.48. The van der Waals surface area contributed by atoms with Crippen molar-refractivity contribution in [3.05, 3.63) is 60.4 Å². The Balaban J connectivity index is 1.90. The molecule has 0 spiro atoms. The van der Waals surface area contributed by atoms with Crippen molar-refractivity contribution < 1.29 is 9.90 Å². The van der Waals surface area contributed by atoms with Crippen molar-refractivity contribution in [2.45, 2.75) is 6.42 Å². The number of carbonyl (C=O) groups is 1. The molecule has 4 heteroatoms. The van der Waals surface area contributed by atoms with Crippen LogP contribution >= 0.6 is 0 Å². The van der Waals surface area contributed by atoms with Crippen LogP contribution < -0.4 is 0 Å². The lowest BCUT2D eigenvalue weighted by Gasteiger charge is -2.03. The van der Waals surface area contributed by atoms with Crippen LogP contribution in [0.25, 0.3) is 11.0 Å². The summed E-state index contributed by atoms with van der Waals surface area (Å²) in [6, 6.07) is 14.2. The molecule has 0 aliphatic heterocycles. The fraction of sp³-hybridized carbons (Fsp3) is 0.0667. The van der Waals surface area contributed by atoms with E-state index in [9.17, 15) is 9.90 Å². The average Bonchev–Trinajstić information content (AvgIpc) is 2.85. The number of nitrogens with zero attached hydrogens (tertiary/aromatic N) is 2. The molecule has 0 aliphatic carbocycles. The number of phenols is 1. The van der Waals surface area contributed by atoms with Gasteiger partial charge < -0.3 is 5.11 Å². The highest BCUT2D eigenvalue weighted by molar-refractivity contribution is 5.91.